The van der Waals surface area contributed by atoms with Crippen molar-refractivity contribution < 1.29 is 14.1 Å². The molecule has 2 aromatic carbocycles. The van der Waals surface area contributed by atoms with Crippen molar-refractivity contribution in [2.24, 2.45) is 0 Å². The molecule has 8 heteroatoms. The van der Waals surface area contributed by atoms with E-state index in [9.17, 15) is 4.79 Å². The molecule has 0 atom stereocenters. The number of benzene rings is 2. The molecule has 3 aromatic rings. The first-order valence-corrected chi connectivity index (χ1v) is 8.33. The number of aromatic nitrogens is 2. The molecule has 0 spiro atoms. The summed E-state index contributed by atoms with van der Waals surface area (Å²) in [7, 11) is 0. The molecule has 0 bridgehead atoms. The number of hydrogen-bond acceptors (Lipinski definition) is 5. The number of ether oxygens (including phenoxy) is 1. The Balaban J connectivity index is 1.59. The SMILES string of the molecule is O=C(Cc1ccc(Cl)c(Cl)c1)OCc1noc(-c2ccccc2Cl)n1. The Bertz CT molecular complexity index is 912. The lowest BCUT2D eigenvalue weighted by Crippen LogP contribution is -2.08. The predicted octanol–water partition coefficient (Wildman–Crippen LogP) is 4.98. The zero-order chi connectivity index (χ0) is 17.8. The largest absolute Gasteiger partial charge is 0.457 e. The van der Waals surface area contributed by atoms with Gasteiger partial charge in [-0.25, -0.2) is 0 Å². The molecule has 25 heavy (non-hydrogen) atoms. The highest BCUT2D eigenvalue weighted by Crippen LogP contribution is 2.26. The third-order valence-corrected chi connectivity index (χ3v) is 4.34. The van der Waals surface area contributed by atoms with Crippen LogP contribution in [0.15, 0.2) is 47.0 Å². The summed E-state index contributed by atoms with van der Waals surface area (Å²) in [4.78, 5) is 16.1. The Morgan fingerprint density at radius 3 is 2.60 bits per heavy atom. The first-order valence-electron chi connectivity index (χ1n) is 7.20. The molecule has 0 N–H and O–H groups in total. The summed E-state index contributed by atoms with van der Waals surface area (Å²) in [6, 6.07) is 12.0. The van der Waals surface area contributed by atoms with Gasteiger partial charge >= 0.3 is 5.97 Å². The monoisotopic (exact) mass is 396 g/mol. The lowest BCUT2D eigenvalue weighted by Gasteiger charge is -2.03. The lowest BCUT2D eigenvalue weighted by molar-refractivity contribution is -0.144. The van der Waals surface area contributed by atoms with Crippen molar-refractivity contribution in [2.45, 2.75) is 13.0 Å². The Hall–Kier alpha value is -2.08. The fourth-order valence-corrected chi connectivity index (χ4v) is 2.61. The molecular formula is C17H11Cl3N2O3. The predicted molar refractivity (Wildman–Crippen MR) is 94.7 cm³/mol. The fraction of sp³-hybridized carbons (Fsp3) is 0.118. The first-order chi connectivity index (χ1) is 12.0. The van der Waals surface area contributed by atoms with Crippen LogP contribution < -0.4 is 0 Å². The number of nitrogens with zero attached hydrogens (tertiary/aromatic N) is 2. The molecule has 128 valence electrons. The van der Waals surface area contributed by atoms with Crippen molar-refractivity contribution in [2.75, 3.05) is 0 Å². The Kier molecular flexibility index (Phi) is 5.58. The molecule has 3 rings (SSSR count). The normalized spacial score (nSPS) is 10.7. The quantitative estimate of drug-likeness (QED) is 0.568. The Morgan fingerprint density at radius 1 is 1.04 bits per heavy atom. The van der Waals surface area contributed by atoms with E-state index >= 15 is 0 Å². The van der Waals surface area contributed by atoms with Crippen LogP contribution in [0.1, 0.15) is 11.4 Å². The highest BCUT2D eigenvalue weighted by atomic mass is 35.5. The van der Waals surface area contributed by atoms with Gasteiger partial charge in [0.2, 0.25) is 5.82 Å². The lowest BCUT2D eigenvalue weighted by atomic mass is 10.1. The van der Waals surface area contributed by atoms with E-state index < -0.39 is 5.97 Å². The van der Waals surface area contributed by atoms with E-state index in [4.69, 9.17) is 44.1 Å². The average molecular weight is 398 g/mol. The van der Waals surface area contributed by atoms with Gasteiger partial charge < -0.3 is 9.26 Å². The molecule has 1 heterocycles. The second kappa shape index (κ2) is 7.87. The van der Waals surface area contributed by atoms with Crippen LogP contribution in [0.2, 0.25) is 15.1 Å². The smallest absolute Gasteiger partial charge is 0.310 e. The molecule has 0 aliphatic rings. The van der Waals surface area contributed by atoms with Crippen molar-refractivity contribution >= 4 is 40.8 Å². The van der Waals surface area contributed by atoms with E-state index in [1.807, 2.05) is 6.07 Å². The summed E-state index contributed by atoms with van der Waals surface area (Å²) < 4.78 is 10.3. The van der Waals surface area contributed by atoms with Gasteiger partial charge in [-0.05, 0) is 29.8 Å². The maximum Gasteiger partial charge on any atom is 0.310 e. The minimum atomic E-state index is -0.442. The van der Waals surface area contributed by atoms with Crippen molar-refractivity contribution in [1.29, 1.82) is 0 Å². The highest BCUT2D eigenvalue weighted by Gasteiger charge is 2.14. The van der Waals surface area contributed by atoms with Crippen LogP contribution >= 0.6 is 34.8 Å². The van der Waals surface area contributed by atoms with E-state index in [0.29, 0.717) is 26.2 Å². The van der Waals surface area contributed by atoms with Crippen molar-refractivity contribution in [1.82, 2.24) is 10.1 Å². The zero-order valence-corrected chi connectivity index (χ0v) is 15.0. The molecule has 1 aromatic heterocycles. The molecule has 0 unspecified atom stereocenters. The molecule has 5 nitrogen and oxygen atoms in total. The maximum absolute atomic E-state index is 11.9. The zero-order valence-electron chi connectivity index (χ0n) is 12.7. The van der Waals surface area contributed by atoms with Gasteiger partial charge in [0, 0.05) is 0 Å². The number of carbonyl (C=O) groups is 1. The summed E-state index contributed by atoms with van der Waals surface area (Å²) >= 11 is 17.8. The van der Waals surface area contributed by atoms with E-state index in [0.717, 1.165) is 0 Å². The molecule has 0 fully saturated rings. The summed E-state index contributed by atoms with van der Waals surface area (Å²) in [6.45, 7) is -0.103. The van der Waals surface area contributed by atoms with E-state index in [1.54, 1.807) is 36.4 Å². The number of esters is 1. The van der Waals surface area contributed by atoms with Crippen LogP contribution in [0.25, 0.3) is 11.5 Å². The second-order valence-electron chi connectivity index (χ2n) is 5.08. The molecule has 0 aliphatic heterocycles. The molecule has 0 amide bonds. The van der Waals surface area contributed by atoms with Gasteiger partial charge in [-0.3, -0.25) is 4.79 Å². The van der Waals surface area contributed by atoms with Crippen LogP contribution in [0.5, 0.6) is 0 Å². The first kappa shape index (κ1) is 17.7. The second-order valence-corrected chi connectivity index (χ2v) is 6.30. The molecule has 0 saturated heterocycles. The highest BCUT2D eigenvalue weighted by molar-refractivity contribution is 6.42. The van der Waals surface area contributed by atoms with Gasteiger partial charge in [-0.2, -0.15) is 4.98 Å². The van der Waals surface area contributed by atoms with Crippen LogP contribution in [0.4, 0.5) is 0 Å². The topological polar surface area (TPSA) is 65.2 Å². The standard InChI is InChI=1S/C17H11Cl3N2O3/c18-12-4-2-1-3-11(12)17-21-15(22-25-17)9-24-16(23)8-10-5-6-13(19)14(20)7-10/h1-7H,8-9H2. The van der Waals surface area contributed by atoms with Gasteiger partial charge in [0.05, 0.1) is 27.1 Å². The van der Waals surface area contributed by atoms with Crippen molar-refractivity contribution in [3.05, 3.63) is 68.9 Å². The van der Waals surface area contributed by atoms with Crippen LogP contribution in [0, 0.1) is 0 Å². The molecule has 0 saturated carbocycles. The van der Waals surface area contributed by atoms with Gasteiger partial charge in [0.25, 0.3) is 5.89 Å². The van der Waals surface area contributed by atoms with Crippen molar-refractivity contribution in [3.63, 3.8) is 0 Å². The summed E-state index contributed by atoms with van der Waals surface area (Å²) in [5.74, 6) is 0.0704. The summed E-state index contributed by atoms with van der Waals surface area (Å²) in [6.07, 6.45) is 0.0616. The number of rotatable bonds is 5. The minimum Gasteiger partial charge on any atom is -0.457 e. The van der Waals surface area contributed by atoms with Crippen molar-refractivity contribution in [3.8, 4) is 11.5 Å². The van der Waals surface area contributed by atoms with Gasteiger partial charge in [0.1, 0.15) is 0 Å². The van der Waals surface area contributed by atoms with Crippen LogP contribution in [-0.2, 0) is 22.6 Å². The van der Waals surface area contributed by atoms with E-state index in [-0.39, 0.29) is 24.7 Å². The number of hydrogen-bond donors (Lipinski definition) is 0. The summed E-state index contributed by atoms with van der Waals surface area (Å²) in [5, 5.41) is 5.08. The number of halogens is 3. The minimum absolute atomic E-state index is 0.0616. The number of carbonyl (C=O) groups excluding carboxylic acids is 1. The van der Waals surface area contributed by atoms with E-state index in [2.05, 4.69) is 10.1 Å². The van der Waals surface area contributed by atoms with Crippen LogP contribution in [-0.4, -0.2) is 16.1 Å². The van der Waals surface area contributed by atoms with E-state index in [1.165, 1.54) is 0 Å². The molecule has 0 aliphatic carbocycles. The fourth-order valence-electron chi connectivity index (χ4n) is 2.07. The molecule has 0 radical (unpaired) electrons. The summed E-state index contributed by atoms with van der Waals surface area (Å²) in [5.41, 5.74) is 1.31. The Labute approximate surface area is 158 Å². The Morgan fingerprint density at radius 2 is 1.84 bits per heavy atom. The third-order valence-electron chi connectivity index (χ3n) is 3.27. The van der Waals surface area contributed by atoms with Gasteiger partial charge in [0.15, 0.2) is 6.61 Å². The third kappa shape index (κ3) is 4.51. The molecular weight excluding hydrogens is 387 g/mol. The maximum atomic E-state index is 11.9. The van der Waals surface area contributed by atoms with Gasteiger partial charge in [-0.15, -0.1) is 0 Å². The van der Waals surface area contributed by atoms with Gasteiger partial charge in [-0.1, -0.05) is 58.2 Å². The average Bonchev–Trinajstić information content (AvgIpc) is 3.05. The van der Waals surface area contributed by atoms with Crippen LogP contribution in [0.3, 0.4) is 0 Å².